The third-order valence-corrected chi connectivity index (χ3v) is 9.27. The SMILES string of the molecule is O=C(NCCOP(=O)(O)O)c1ccc2c3c(cc([N+](=O)[O-])c2c1)N(C(=O)c1cc2cc(OCCN4CCOCC4)ccc2[nH]1)CC3CCl. The van der Waals surface area contributed by atoms with E-state index in [4.69, 9.17) is 30.9 Å². The van der Waals surface area contributed by atoms with Gasteiger partial charge in [0, 0.05) is 67.1 Å². The highest BCUT2D eigenvalue weighted by molar-refractivity contribution is 7.46. The second-order valence-corrected chi connectivity index (χ2v) is 13.0. The van der Waals surface area contributed by atoms with Crippen molar-refractivity contribution < 1.29 is 42.9 Å². The quantitative estimate of drug-likeness (QED) is 0.0552. The van der Waals surface area contributed by atoms with E-state index in [2.05, 4.69) is 19.7 Å². The zero-order valence-corrected chi connectivity index (χ0v) is 27.2. The highest BCUT2D eigenvalue weighted by atomic mass is 35.5. The topological polar surface area (TPSA) is 197 Å². The molecule has 4 aromatic rings. The molecule has 0 saturated carbocycles. The number of morpholine rings is 1. The number of amides is 2. The third-order valence-electron chi connectivity index (χ3n) is 8.38. The zero-order valence-electron chi connectivity index (χ0n) is 25.6. The van der Waals surface area contributed by atoms with Crippen LogP contribution < -0.4 is 15.0 Å². The smallest absolute Gasteiger partial charge is 0.469 e. The average molecular weight is 702 g/mol. The Labute approximate surface area is 279 Å². The summed E-state index contributed by atoms with van der Waals surface area (Å²) in [6.07, 6.45) is 0. The van der Waals surface area contributed by atoms with Gasteiger partial charge in [0.25, 0.3) is 17.5 Å². The minimum atomic E-state index is -4.69. The van der Waals surface area contributed by atoms with Crippen molar-refractivity contribution in [2.45, 2.75) is 5.92 Å². The number of hydrogen-bond donors (Lipinski definition) is 4. The summed E-state index contributed by atoms with van der Waals surface area (Å²) >= 11 is 6.38. The van der Waals surface area contributed by atoms with Gasteiger partial charge in [-0.15, -0.1) is 11.6 Å². The molecule has 2 aliphatic heterocycles. The molecule has 0 radical (unpaired) electrons. The minimum Gasteiger partial charge on any atom is -0.492 e. The fourth-order valence-corrected chi connectivity index (χ4v) is 6.68. The number of aromatic nitrogens is 1. The molecule has 0 aliphatic carbocycles. The van der Waals surface area contributed by atoms with Gasteiger partial charge in [-0.25, -0.2) is 4.57 Å². The Morgan fingerprint density at radius 1 is 1.10 bits per heavy atom. The maximum atomic E-state index is 13.9. The van der Waals surface area contributed by atoms with Gasteiger partial charge in [0.2, 0.25) is 0 Å². The zero-order chi connectivity index (χ0) is 34.0. The van der Waals surface area contributed by atoms with Crippen LogP contribution in [0, 0.1) is 10.1 Å². The van der Waals surface area contributed by atoms with E-state index < -0.39 is 25.3 Å². The van der Waals surface area contributed by atoms with E-state index in [1.807, 2.05) is 18.2 Å². The van der Waals surface area contributed by atoms with Gasteiger partial charge in [0.15, 0.2) is 0 Å². The van der Waals surface area contributed by atoms with Crippen LogP contribution in [0.3, 0.4) is 0 Å². The van der Waals surface area contributed by atoms with Crippen LogP contribution in [-0.2, 0) is 13.8 Å². The number of alkyl halides is 1. The number of H-pyrrole nitrogens is 1. The Bertz CT molecular complexity index is 1920. The summed E-state index contributed by atoms with van der Waals surface area (Å²) in [5.74, 6) is -0.516. The minimum absolute atomic E-state index is 0.0950. The molecule has 48 heavy (non-hydrogen) atoms. The first-order valence-electron chi connectivity index (χ1n) is 15.2. The first-order valence-corrected chi connectivity index (χ1v) is 17.3. The van der Waals surface area contributed by atoms with Gasteiger partial charge in [-0.05, 0) is 47.3 Å². The first kappa shape index (κ1) is 33.8. The number of hydrogen-bond acceptors (Lipinski definition) is 9. The molecule has 0 spiro atoms. The van der Waals surface area contributed by atoms with Crippen LogP contribution in [0.25, 0.3) is 21.7 Å². The normalized spacial score (nSPS) is 16.7. The molecule has 3 heterocycles. The molecule has 1 aromatic heterocycles. The third kappa shape index (κ3) is 7.32. The van der Waals surface area contributed by atoms with Crippen LogP contribution in [0.1, 0.15) is 32.3 Å². The van der Waals surface area contributed by atoms with Crippen molar-refractivity contribution in [3.05, 3.63) is 75.5 Å². The van der Waals surface area contributed by atoms with E-state index in [-0.39, 0.29) is 47.4 Å². The number of aromatic amines is 1. The number of anilines is 1. The number of nitro benzene ring substituents is 1. The molecule has 254 valence electrons. The number of halogens is 1. The molecule has 6 rings (SSSR count). The maximum absolute atomic E-state index is 13.9. The van der Waals surface area contributed by atoms with Gasteiger partial charge in [-0.2, -0.15) is 0 Å². The molecule has 15 nitrogen and oxygen atoms in total. The van der Waals surface area contributed by atoms with Crippen LogP contribution in [-0.4, -0.2) is 101 Å². The summed E-state index contributed by atoms with van der Waals surface area (Å²) in [5, 5.41) is 16.2. The average Bonchev–Trinajstić information content (AvgIpc) is 3.67. The number of nitro groups is 1. The maximum Gasteiger partial charge on any atom is 0.469 e. The summed E-state index contributed by atoms with van der Waals surface area (Å²) in [5.41, 5.74) is 1.85. The summed E-state index contributed by atoms with van der Waals surface area (Å²) in [6, 6.07) is 13.0. The van der Waals surface area contributed by atoms with Crippen molar-refractivity contribution in [2.24, 2.45) is 0 Å². The van der Waals surface area contributed by atoms with Crippen LogP contribution in [0.4, 0.5) is 11.4 Å². The van der Waals surface area contributed by atoms with E-state index in [0.29, 0.717) is 47.9 Å². The van der Waals surface area contributed by atoms with Crippen LogP contribution in [0.15, 0.2) is 48.5 Å². The fourth-order valence-electron chi connectivity index (χ4n) is 6.10. The lowest BCUT2D eigenvalue weighted by Crippen LogP contribution is -2.38. The van der Waals surface area contributed by atoms with Gasteiger partial charge in [-0.3, -0.25) is 29.1 Å². The number of benzene rings is 3. The van der Waals surface area contributed by atoms with Crippen molar-refractivity contribution in [1.82, 2.24) is 15.2 Å². The Morgan fingerprint density at radius 2 is 1.90 bits per heavy atom. The molecular formula is C31H33ClN5O10P. The van der Waals surface area contributed by atoms with Crippen molar-refractivity contribution in [1.29, 1.82) is 0 Å². The monoisotopic (exact) mass is 701 g/mol. The number of fused-ring (bicyclic) bond motifs is 4. The number of phosphoric ester groups is 1. The molecule has 1 unspecified atom stereocenters. The molecule has 1 atom stereocenters. The molecule has 4 N–H and O–H groups in total. The van der Waals surface area contributed by atoms with Gasteiger partial charge >= 0.3 is 7.82 Å². The van der Waals surface area contributed by atoms with Crippen LogP contribution >= 0.6 is 19.4 Å². The Balaban J connectivity index is 1.24. The number of nitrogens with zero attached hydrogens (tertiary/aromatic N) is 3. The summed E-state index contributed by atoms with van der Waals surface area (Å²) in [4.78, 5) is 62.9. The van der Waals surface area contributed by atoms with E-state index in [1.165, 1.54) is 23.1 Å². The summed E-state index contributed by atoms with van der Waals surface area (Å²) in [7, 11) is -4.69. The molecule has 0 bridgehead atoms. The second-order valence-electron chi connectivity index (χ2n) is 11.4. The molecule has 3 aromatic carbocycles. The Kier molecular flexibility index (Phi) is 9.99. The highest BCUT2D eigenvalue weighted by Gasteiger charge is 2.37. The number of carbonyl (C=O) groups excluding carboxylic acids is 2. The van der Waals surface area contributed by atoms with Crippen molar-refractivity contribution in [2.75, 3.05) is 69.9 Å². The Hall–Kier alpha value is -4.08. The van der Waals surface area contributed by atoms with E-state index in [0.717, 1.165) is 30.5 Å². The molecule has 2 aliphatic rings. The number of phosphoric acid groups is 1. The summed E-state index contributed by atoms with van der Waals surface area (Å²) in [6.45, 7) is 4.03. The standard InChI is InChI=1S/C31H33ClN5O10P/c32-17-21-18-36(31(39)26-15-20-13-22(2-4-25(20)34-26)46-12-8-35-6-10-45-11-7-35)28-16-27(37(40)41)24-14-19(1-3-23(24)29(21)28)30(38)33-5-9-47-48(42,43)44/h1-4,13-16,21,34H,5-12,17-18H2,(H,33,38)(H2,42,43,44). The predicted molar refractivity (Wildman–Crippen MR) is 177 cm³/mol. The molecular weight excluding hydrogens is 669 g/mol. The number of rotatable bonds is 12. The lowest BCUT2D eigenvalue weighted by molar-refractivity contribution is -0.383. The van der Waals surface area contributed by atoms with Crippen molar-refractivity contribution in [3.63, 3.8) is 0 Å². The summed E-state index contributed by atoms with van der Waals surface area (Å²) < 4.78 is 26.5. The van der Waals surface area contributed by atoms with E-state index in [1.54, 1.807) is 12.1 Å². The molecule has 17 heteroatoms. The molecule has 1 saturated heterocycles. The number of nitrogens with one attached hydrogen (secondary N) is 2. The van der Waals surface area contributed by atoms with Gasteiger partial charge in [0.05, 0.1) is 35.8 Å². The van der Waals surface area contributed by atoms with E-state index >= 15 is 0 Å². The van der Waals surface area contributed by atoms with Crippen molar-refractivity contribution in [3.8, 4) is 5.75 Å². The lowest BCUT2D eigenvalue weighted by Gasteiger charge is -2.26. The number of ether oxygens (including phenoxy) is 2. The Morgan fingerprint density at radius 3 is 2.62 bits per heavy atom. The molecule has 1 fully saturated rings. The predicted octanol–water partition coefficient (Wildman–Crippen LogP) is 3.76. The van der Waals surface area contributed by atoms with Crippen molar-refractivity contribution >= 4 is 64.3 Å². The van der Waals surface area contributed by atoms with Gasteiger partial charge in [0.1, 0.15) is 18.1 Å². The molecule has 2 amide bonds. The number of non-ortho nitro benzene ring substituents is 1. The van der Waals surface area contributed by atoms with Crippen LogP contribution in [0.2, 0.25) is 0 Å². The fraction of sp³-hybridized carbons (Fsp3) is 0.355. The number of carbonyl (C=O) groups is 2. The lowest BCUT2D eigenvalue weighted by atomic mass is 9.93. The van der Waals surface area contributed by atoms with Gasteiger partial charge < -0.3 is 34.5 Å². The highest BCUT2D eigenvalue weighted by Crippen LogP contribution is 2.46. The first-order chi connectivity index (χ1) is 23.0. The van der Waals surface area contributed by atoms with E-state index in [9.17, 15) is 24.3 Å². The second kappa shape index (κ2) is 14.2. The van der Waals surface area contributed by atoms with Crippen LogP contribution in [0.5, 0.6) is 5.75 Å². The van der Waals surface area contributed by atoms with Gasteiger partial charge in [-0.1, -0.05) is 6.07 Å². The largest absolute Gasteiger partial charge is 0.492 e.